The van der Waals surface area contributed by atoms with Crippen molar-refractivity contribution in [3.63, 3.8) is 0 Å². The maximum atomic E-state index is 11.9. The molecule has 0 aliphatic rings. The third-order valence-electron chi connectivity index (χ3n) is 2.86. The molecule has 0 saturated carbocycles. The van der Waals surface area contributed by atoms with Crippen LogP contribution >= 0.6 is 27.7 Å². The molecule has 0 fully saturated rings. The van der Waals surface area contributed by atoms with E-state index < -0.39 is 0 Å². The predicted octanol–water partition coefficient (Wildman–Crippen LogP) is 4.88. The van der Waals surface area contributed by atoms with Crippen molar-refractivity contribution in [3.8, 4) is 0 Å². The lowest BCUT2D eigenvalue weighted by Crippen LogP contribution is -2.14. The summed E-state index contributed by atoms with van der Waals surface area (Å²) in [7, 11) is 0. The van der Waals surface area contributed by atoms with Gasteiger partial charge in [-0.15, -0.1) is 11.8 Å². The zero-order valence-corrected chi connectivity index (χ0v) is 13.6. The normalized spacial score (nSPS) is 11.9. The number of carbonyl (C=O) groups is 1. The van der Waals surface area contributed by atoms with Crippen molar-refractivity contribution in [1.82, 2.24) is 0 Å². The molecule has 0 aromatic heterocycles. The molecule has 0 aliphatic heterocycles. The molecule has 4 heteroatoms. The van der Waals surface area contributed by atoms with E-state index in [9.17, 15) is 4.79 Å². The highest BCUT2D eigenvalue weighted by atomic mass is 79.9. The van der Waals surface area contributed by atoms with Crippen molar-refractivity contribution >= 4 is 39.3 Å². The summed E-state index contributed by atoms with van der Waals surface area (Å²) < 4.78 is 1.00. The monoisotopic (exact) mass is 349 g/mol. The van der Waals surface area contributed by atoms with Gasteiger partial charge in [0, 0.05) is 15.4 Å². The van der Waals surface area contributed by atoms with Crippen LogP contribution in [0.2, 0.25) is 0 Å². The van der Waals surface area contributed by atoms with Crippen LogP contribution in [-0.2, 0) is 4.79 Å². The molecule has 2 rings (SSSR count). The van der Waals surface area contributed by atoms with E-state index in [1.807, 2.05) is 42.5 Å². The van der Waals surface area contributed by atoms with Crippen molar-refractivity contribution in [2.45, 2.75) is 12.2 Å². The Morgan fingerprint density at radius 3 is 2.45 bits per heavy atom. The number of carbonyl (C=O) groups excluding carboxylic acids is 1. The number of rotatable bonds is 5. The van der Waals surface area contributed by atoms with Gasteiger partial charge in [0.05, 0.1) is 5.75 Å². The Morgan fingerprint density at radius 1 is 1.15 bits per heavy atom. The van der Waals surface area contributed by atoms with E-state index in [2.05, 4.69) is 40.3 Å². The zero-order chi connectivity index (χ0) is 14.4. The summed E-state index contributed by atoms with van der Waals surface area (Å²) in [5, 5.41) is 3.21. The van der Waals surface area contributed by atoms with Crippen molar-refractivity contribution < 1.29 is 4.79 Å². The van der Waals surface area contributed by atoms with E-state index in [-0.39, 0.29) is 5.91 Å². The number of hydrogen-bond acceptors (Lipinski definition) is 2. The highest BCUT2D eigenvalue weighted by Gasteiger charge is 2.09. The fourth-order valence-electron chi connectivity index (χ4n) is 1.75. The average molecular weight is 350 g/mol. The first-order valence-corrected chi connectivity index (χ1v) is 8.21. The van der Waals surface area contributed by atoms with E-state index in [4.69, 9.17) is 0 Å². The van der Waals surface area contributed by atoms with E-state index in [1.54, 1.807) is 11.8 Å². The fraction of sp³-hybridized carbons (Fsp3) is 0.188. The molecule has 20 heavy (non-hydrogen) atoms. The molecular weight excluding hydrogens is 334 g/mol. The number of halogens is 1. The summed E-state index contributed by atoms with van der Waals surface area (Å²) in [5.41, 5.74) is 2.07. The zero-order valence-electron chi connectivity index (χ0n) is 11.2. The van der Waals surface area contributed by atoms with E-state index in [0.29, 0.717) is 11.0 Å². The molecule has 0 heterocycles. The first-order valence-electron chi connectivity index (χ1n) is 6.37. The quantitative estimate of drug-likeness (QED) is 0.833. The van der Waals surface area contributed by atoms with Crippen LogP contribution in [0, 0.1) is 0 Å². The molecule has 0 saturated heterocycles. The van der Waals surface area contributed by atoms with Crippen LogP contribution in [-0.4, -0.2) is 11.7 Å². The first-order chi connectivity index (χ1) is 9.65. The van der Waals surface area contributed by atoms with Gasteiger partial charge < -0.3 is 5.32 Å². The molecule has 1 N–H and O–H groups in total. The minimum Gasteiger partial charge on any atom is -0.325 e. The van der Waals surface area contributed by atoms with Gasteiger partial charge in [0.2, 0.25) is 5.91 Å². The second kappa shape index (κ2) is 7.50. The van der Waals surface area contributed by atoms with Gasteiger partial charge in [-0.2, -0.15) is 0 Å². The molecule has 0 aliphatic carbocycles. The average Bonchev–Trinajstić information content (AvgIpc) is 2.48. The highest BCUT2D eigenvalue weighted by Crippen LogP contribution is 2.27. The molecule has 1 amide bonds. The lowest BCUT2D eigenvalue weighted by molar-refractivity contribution is -0.113. The Bertz CT molecular complexity index is 556. The molecule has 0 bridgehead atoms. The SMILES string of the molecule is C[C@H](SCC(=O)Nc1ccc(Br)cc1)c1ccccc1. The summed E-state index contributed by atoms with van der Waals surface area (Å²) in [5.74, 6) is 0.478. The van der Waals surface area contributed by atoms with Gasteiger partial charge >= 0.3 is 0 Å². The van der Waals surface area contributed by atoms with Crippen molar-refractivity contribution in [3.05, 3.63) is 64.6 Å². The minimum absolute atomic E-state index is 0.0279. The van der Waals surface area contributed by atoms with Crippen LogP contribution < -0.4 is 5.32 Å². The van der Waals surface area contributed by atoms with Gasteiger partial charge in [0.1, 0.15) is 0 Å². The number of hydrogen-bond donors (Lipinski definition) is 1. The van der Waals surface area contributed by atoms with Gasteiger partial charge in [0.15, 0.2) is 0 Å². The second-order valence-electron chi connectivity index (χ2n) is 4.42. The van der Waals surface area contributed by atoms with Crippen LogP contribution in [0.15, 0.2) is 59.1 Å². The Labute approximate surface area is 132 Å². The summed E-state index contributed by atoms with van der Waals surface area (Å²) in [6.45, 7) is 2.12. The number of benzene rings is 2. The molecule has 2 nitrogen and oxygen atoms in total. The number of thioether (sulfide) groups is 1. The minimum atomic E-state index is 0.0279. The summed E-state index contributed by atoms with van der Waals surface area (Å²) in [4.78, 5) is 11.9. The molecule has 0 radical (unpaired) electrons. The third-order valence-corrected chi connectivity index (χ3v) is 4.59. The van der Waals surface area contributed by atoms with Gasteiger partial charge in [-0.25, -0.2) is 0 Å². The van der Waals surface area contributed by atoms with Crippen LogP contribution in [0.25, 0.3) is 0 Å². The van der Waals surface area contributed by atoms with E-state index >= 15 is 0 Å². The largest absolute Gasteiger partial charge is 0.325 e. The van der Waals surface area contributed by atoms with Crippen LogP contribution in [0.1, 0.15) is 17.7 Å². The molecule has 2 aromatic rings. The van der Waals surface area contributed by atoms with E-state index in [0.717, 1.165) is 10.2 Å². The van der Waals surface area contributed by atoms with Crippen LogP contribution in [0.5, 0.6) is 0 Å². The maximum absolute atomic E-state index is 11.9. The topological polar surface area (TPSA) is 29.1 Å². The molecule has 2 aromatic carbocycles. The number of nitrogens with one attached hydrogen (secondary N) is 1. The lowest BCUT2D eigenvalue weighted by atomic mass is 10.2. The number of anilines is 1. The fourth-order valence-corrected chi connectivity index (χ4v) is 2.84. The Morgan fingerprint density at radius 2 is 1.80 bits per heavy atom. The van der Waals surface area contributed by atoms with Gasteiger partial charge in [-0.05, 0) is 36.8 Å². The second-order valence-corrected chi connectivity index (χ2v) is 6.66. The van der Waals surface area contributed by atoms with Crippen LogP contribution in [0.3, 0.4) is 0 Å². The standard InChI is InChI=1S/C16H16BrNOS/c1-12(13-5-3-2-4-6-13)20-11-16(19)18-15-9-7-14(17)8-10-15/h2-10,12H,11H2,1H3,(H,18,19)/t12-/m0/s1. The smallest absolute Gasteiger partial charge is 0.234 e. The highest BCUT2D eigenvalue weighted by molar-refractivity contribution is 9.10. The van der Waals surface area contributed by atoms with E-state index in [1.165, 1.54) is 5.56 Å². The molecular formula is C16H16BrNOS. The van der Waals surface area contributed by atoms with Gasteiger partial charge in [-0.1, -0.05) is 46.3 Å². The Balaban J connectivity index is 1.82. The Kier molecular flexibility index (Phi) is 5.68. The number of amides is 1. The first kappa shape index (κ1) is 15.1. The van der Waals surface area contributed by atoms with Crippen LogP contribution in [0.4, 0.5) is 5.69 Å². The van der Waals surface area contributed by atoms with Gasteiger partial charge in [-0.3, -0.25) is 4.79 Å². The predicted molar refractivity (Wildman–Crippen MR) is 90.1 cm³/mol. The summed E-state index contributed by atoms with van der Waals surface area (Å²) in [6, 6.07) is 17.8. The Hall–Kier alpha value is -1.26. The van der Waals surface area contributed by atoms with Crippen molar-refractivity contribution in [1.29, 1.82) is 0 Å². The molecule has 104 valence electrons. The van der Waals surface area contributed by atoms with Crippen molar-refractivity contribution in [2.75, 3.05) is 11.1 Å². The summed E-state index contributed by atoms with van der Waals surface area (Å²) in [6.07, 6.45) is 0. The summed E-state index contributed by atoms with van der Waals surface area (Å²) >= 11 is 5.01. The lowest BCUT2D eigenvalue weighted by Gasteiger charge is -2.11. The molecule has 1 atom stereocenters. The maximum Gasteiger partial charge on any atom is 0.234 e. The van der Waals surface area contributed by atoms with Crippen molar-refractivity contribution in [2.24, 2.45) is 0 Å². The molecule has 0 unspecified atom stereocenters. The van der Waals surface area contributed by atoms with Gasteiger partial charge in [0.25, 0.3) is 0 Å². The molecule has 0 spiro atoms. The third kappa shape index (κ3) is 4.69.